The lowest BCUT2D eigenvalue weighted by molar-refractivity contribution is 0.277. The van der Waals surface area contributed by atoms with Crippen molar-refractivity contribution >= 4 is 44.8 Å². The predicted molar refractivity (Wildman–Crippen MR) is 117 cm³/mol. The van der Waals surface area contributed by atoms with E-state index < -0.39 is 0 Å². The molecular formula is C21H17BrCl2FNO3. The number of nitrogens with one attached hydrogen (secondary N) is 1. The summed E-state index contributed by atoms with van der Waals surface area (Å²) in [6.07, 6.45) is 0. The van der Waals surface area contributed by atoms with Crippen molar-refractivity contribution in [2.75, 3.05) is 12.4 Å². The maximum absolute atomic E-state index is 13.8. The van der Waals surface area contributed by atoms with Gasteiger partial charge in [-0.15, -0.1) is 0 Å². The molecule has 3 aromatic carbocycles. The average Bonchev–Trinajstić information content (AvgIpc) is 2.70. The van der Waals surface area contributed by atoms with Gasteiger partial charge >= 0.3 is 0 Å². The van der Waals surface area contributed by atoms with E-state index in [4.69, 9.17) is 32.7 Å². The molecule has 29 heavy (non-hydrogen) atoms. The fourth-order valence-corrected chi connectivity index (χ4v) is 3.74. The van der Waals surface area contributed by atoms with E-state index in [1.165, 1.54) is 13.2 Å². The fourth-order valence-electron chi connectivity index (χ4n) is 2.65. The van der Waals surface area contributed by atoms with E-state index in [0.717, 1.165) is 5.56 Å². The molecule has 3 rings (SSSR count). The molecule has 0 unspecified atom stereocenters. The lowest BCUT2D eigenvalue weighted by Crippen LogP contribution is -2.03. The standard InChI is InChI=1S/C21H17BrCl2FNO3/c1-28-19-7-12(10-26-14-8-16(23)20(27)17(24)9-14)6-15(22)21(19)29-11-13-4-2-3-5-18(13)25/h2-9,26-27H,10-11H2,1H3. The summed E-state index contributed by atoms with van der Waals surface area (Å²) in [5.74, 6) is 0.513. The quantitative estimate of drug-likeness (QED) is 0.350. The molecule has 8 heteroatoms. The number of phenols is 1. The van der Waals surface area contributed by atoms with E-state index in [1.54, 1.807) is 30.3 Å². The largest absolute Gasteiger partial charge is 0.505 e. The molecule has 0 amide bonds. The van der Waals surface area contributed by atoms with Crippen LogP contribution in [0.15, 0.2) is 53.0 Å². The average molecular weight is 501 g/mol. The van der Waals surface area contributed by atoms with Gasteiger partial charge in [0.15, 0.2) is 17.2 Å². The summed E-state index contributed by atoms with van der Waals surface area (Å²) in [6, 6.07) is 13.3. The molecule has 0 aliphatic heterocycles. The number of phenolic OH excluding ortho intramolecular Hbond substituents is 1. The Morgan fingerprint density at radius 3 is 2.45 bits per heavy atom. The van der Waals surface area contributed by atoms with Crippen LogP contribution >= 0.6 is 39.1 Å². The maximum atomic E-state index is 13.8. The number of anilines is 1. The summed E-state index contributed by atoms with van der Waals surface area (Å²) in [5.41, 5.74) is 2.01. The Morgan fingerprint density at radius 1 is 1.10 bits per heavy atom. The predicted octanol–water partition coefficient (Wildman–Crippen LogP) is 6.80. The van der Waals surface area contributed by atoms with Gasteiger partial charge < -0.3 is 19.9 Å². The van der Waals surface area contributed by atoms with Gasteiger partial charge in [0.1, 0.15) is 12.4 Å². The van der Waals surface area contributed by atoms with Crippen molar-refractivity contribution in [2.24, 2.45) is 0 Å². The van der Waals surface area contributed by atoms with E-state index in [1.807, 2.05) is 12.1 Å². The van der Waals surface area contributed by atoms with E-state index in [2.05, 4.69) is 21.2 Å². The molecule has 152 valence electrons. The van der Waals surface area contributed by atoms with Crippen molar-refractivity contribution in [3.8, 4) is 17.2 Å². The fraction of sp³-hybridized carbons (Fsp3) is 0.143. The first-order valence-corrected chi connectivity index (χ1v) is 10.1. The number of benzene rings is 3. The number of halogens is 4. The molecular weight excluding hydrogens is 484 g/mol. The lowest BCUT2D eigenvalue weighted by atomic mass is 10.2. The molecule has 0 spiro atoms. The highest BCUT2D eigenvalue weighted by atomic mass is 79.9. The summed E-state index contributed by atoms with van der Waals surface area (Å²) in [6.45, 7) is 0.518. The van der Waals surface area contributed by atoms with Gasteiger partial charge in [-0.25, -0.2) is 4.39 Å². The highest BCUT2D eigenvalue weighted by Crippen LogP contribution is 2.38. The number of methoxy groups -OCH3 is 1. The van der Waals surface area contributed by atoms with Crippen LogP contribution in [0, 0.1) is 5.82 Å². The first-order chi connectivity index (χ1) is 13.9. The molecule has 0 saturated carbocycles. The van der Waals surface area contributed by atoms with Crippen molar-refractivity contribution in [1.29, 1.82) is 0 Å². The molecule has 4 nitrogen and oxygen atoms in total. The topological polar surface area (TPSA) is 50.7 Å². The Balaban J connectivity index is 1.75. The minimum Gasteiger partial charge on any atom is -0.505 e. The summed E-state index contributed by atoms with van der Waals surface area (Å²) >= 11 is 15.4. The zero-order chi connectivity index (χ0) is 21.0. The van der Waals surface area contributed by atoms with Crippen molar-refractivity contribution in [2.45, 2.75) is 13.2 Å². The summed E-state index contributed by atoms with van der Waals surface area (Å²) in [5, 5.41) is 13.2. The molecule has 0 fully saturated rings. The molecule has 0 aliphatic carbocycles. The van der Waals surface area contributed by atoms with Gasteiger partial charge in [0.2, 0.25) is 0 Å². The Morgan fingerprint density at radius 2 is 1.79 bits per heavy atom. The molecule has 0 aliphatic rings. The third-order valence-corrected chi connectivity index (χ3v) is 5.30. The van der Waals surface area contributed by atoms with Crippen LogP contribution in [0.25, 0.3) is 0 Å². The van der Waals surface area contributed by atoms with Gasteiger partial charge in [-0.2, -0.15) is 0 Å². The Hall–Kier alpha value is -2.15. The van der Waals surface area contributed by atoms with Gasteiger partial charge in [-0.05, 0) is 51.8 Å². The van der Waals surface area contributed by atoms with E-state index in [9.17, 15) is 9.50 Å². The monoisotopic (exact) mass is 499 g/mol. The lowest BCUT2D eigenvalue weighted by Gasteiger charge is -2.15. The molecule has 0 saturated heterocycles. The molecule has 0 heterocycles. The van der Waals surface area contributed by atoms with Crippen molar-refractivity contribution < 1.29 is 19.0 Å². The summed E-state index contributed by atoms with van der Waals surface area (Å²) < 4.78 is 25.7. The van der Waals surface area contributed by atoms with Gasteiger partial charge in [-0.3, -0.25) is 0 Å². The highest BCUT2D eigenvalue weighted by Gasteiger charge is 2.14. The van der Waals surface area contributed by atoms with E-state index >= 15 is 0 Å². The van der Waals surface area contributed by atoms with Crippen LogP contribution in [0.2, 0.25) is 10.0 Å². The van der Waals surface area contributed by atoms with Gasteiger partial charge in [-0.1, -0.05) is 41.4 Å². The molecule has 0 bridgehead atoms. The van der Waals surface area contributed by atoms with E-state index in [0.29, 0.717) is 33.8 Å². The highest BCUT2D eigenvalue weighted by molar-refractivity contribution is 9.10. The number of rotatable bonds is 7. The second kappa shape index (κ2) is 9.57. The number of ether oxygens (including phenoxy) is 2. The molecule has 3 aromatic rings. The second-order valence-electron chi connectivity index (χ2n) is 6.13. The Labute approximate surface area is 186 Å². The van der Waals surface area contributed by atoms with Crippen LogP contribution in [0.1, 0.15) is 11.1 Å². The minimum absolute atomic E-state index is 0.0732. The number of hydrogen-bond acceptors (Lipinski definition) is 4. The van der Waals surface area contributed by atoms with Crippen LogP contribution in [0.5, 0.6) is 17.2 Å². The molecule has 0 atom stereocenters. The van der Waals surface area contributed by atoms with Crippen LogP contribution in [-0.4, -0.2) is 12.2 Å². The minimum atomic E-state index is -0.324. The normalized spacial score (nSPS) is 10.7. The van der Waals surface area contributed by atoms with Crippen molar-refractivity contribution in [3.63, 3.8) is 0 Å². The van der Waals surface area contributed by atoms with Crippen LogP contribution in [-0.2, 0) is 13.2 Å². The third kappa shape index (κ3) is 5.26. The van der Waals surface area contributed by atoms with Crippen LogP contribution in [0.3, 0.4) is 0 Å². The van der Waals surface area contributed by atoms with E-state index in [-0.39, 0.29) is 28.2 Å². The molecule has 0 radical (unpaired) electrons. The van der Waals surface area contributed by atoms with Gasteiger partial charge in [0.05, 0.1) is 21.6 Å². The zero-order valence-corrected chi connectivity index (χ0v) is 18.4. The second-order valence-corrected chi connectivity index (χ2v) is 7.80. The van der Waals surface area contributed by atoms with Crippen LogP contribution in [0.4, 0.5) is 10.1 Å². The Bertz CT molecular complexity index is 1010. The summed E-state index contributed by atoms with van der Waals surface area (Å²) in [7, 11) is 1.54. The third-order valence-electron chi connectivity index (χ3n) is 4.13. The SMILES string of the molecule is COc1cc(CNc2cc(Cl)c(O)c(Cl)c2)cc(Br)c1OCc1ccccc1F. The first-order valence-electron chi connectivity index (χ1n) is 8.53. The number of aromatic hydroxyl groups is 1. The van der Waals surface area contributed by atoms with Crippen molar-refractivity contribution in [3.05, 3.63) is 80.0 Å². The van der Waals surface area contributed by atoms with Gasteiger partial charge in [0, 0.05) is 17.8 Å². The van der Waals surface area contributed by atoms with Crippen molar-refractivity contribution in [1.82, 2.24) is 0 Å². The summed E-state index contributed by atoms with van der Waals surface area (Å²) in [4.78, 5) is 0. The molecule has 2 N–H and O–H groups in total. The smallest absolute Gasteiger partial charge is 0.175 e. The number of hydrogen-bond donors (Lipinski definition) is 2. The zero-order valence-electron chi connectivity index (χ0n) is 15.3. The Kier molecular flexibility index (Phi) is 7.11. The van der Waals surface area contributed by atoms with Crippen LogP contribution < -0.4 is 14.8 Å². The van der Waals surface area contributed by atoms with Gasteiger partial charge in [0.25, 0.3) is 0 Å². The maximum Gasteiger partial charge on any atom is 0.175 e. The molecule has 0 aromatic heterocycles. The first kappa shape index (κ1) is 21.6.